The zero-order valence-electron chi connectivity index (χ0n) is 22.3. The highest BCUT2D eigenvalue weighted by atomic mass is 16.2. The first-order valence-electron chi connectivity index (χ1n) is 13.5. The van der Waals surface area contributed by atoms with Gasteiger partial charge in [0.05, 0.1) is 12.6 Å². The summed E-state index contributed by atoms with van der Waals surface area (Å²) in [4.78, 5) is 58.4. The van der Waals surface area contributed by atoms with Gasteiger partial charge in [0.15, 0.2) is 5.78 Å². The highest BCUT2D eigenvalue weighted by Gasteiger charge is 2.52. The zero-order valence-corrected chi connectivity index (χ0v) is 22.3. The van der Waals surface area contributed by atoms with Crippen molar-refractivity contribution in [3.63, 3.8) is 0 Å². The van der Waals surface area contributed by atoms with Crippen molar-refractivity contribution in [3.05, 3.63) is 90.2 Å². The molecule has 0 aromatic heterocycles. The Morgan fingerprint density at radius 3 is 2.36 bits per heavy atom. The van der Waals surface area contributed by atoms with Gasteiger partial charge in [-0.2, -0.15) is 0 Å². The molecule has 202 valence electrons. The number of nitrogens with zero attached hydrogens (tertiary/aromatic N) is 3. The summed E-state index contributed by atoms with van der Waals surface area (Å²) in [5, 5.41) is 2.93. The minimum absolute atomic E-state index is 0.0115. The highest BCUT2D eigenvalue weighted by molar-refractivity contribution is 6.03. The molecule has 0 aliphatic carbocycles. The van der Waals surface area contributed by atoms with Gasteiger partial charge in [-0.05, 0) is 61.2 Å². The molecule has 2 aromatic rings. The number of benzene rings is 2. The molecule has 3 aliphatic rings. The van der Waals surface area contributed by atoms with E-state index in [4.69, 9.17) is 0 Å². The largest absolute Gasteiger partial charge is 0.344 e. The van der Waals surface area contributed by atoms with Crippen LogP contribution in [0.1, 0.15) is 47.4 Å². The number of nitrogens with one attached hydrogen (secondary N) is 1. The van der Waals surface area contributed by atoms with E-state index in [1.807, 2.05) is 50.4 Å². The van der Waals surface area contributed by atoms with Crippen molar-refractivity contribution in [1.82, 2.24) is 15.1 Å². The van der Waals surface area contributed by atoms with Crippen LogP contribution in [0.5, 0.6) is 0 Å². The van der Waals surface area contributed by atoms with Crippen molar-refractivity contribution in [2.45, 2.75) is 44.8 Å². The number of hydrogen-bond donors (Lipinski definition) is 1. The number of amides is 3. The summed E-state index contributed by atoms with van der Waals surface area (Å²) in [5.41, 5.74) is 1.96. The number of rotatable bonds is 7. The van der Waals surface area contributed by atoms with Crippen LogP contribution in [0.15, 0.2) is 79.0 Å². The van der Waals surface area contributed by atoms with Crippen LogP contribution in [0.25, 0.3) is 0 Å². The van der Waals surface area contributed by atoms with Crippen LogP contribution in [0.3, 0.4) is 0 Å². The summed E-state index contributed by atoms with van der Waals surface area (Å²) >= 11 is 0. The molecule has 0 radical (unpaired) electrons. The Bertz CT molecular complexity index is 1300. The van der Waals surface area contributed by atoms with Crippen molar-refractivity contribution in [1.29, 1.82) is 0 Å². The maximum atomic E-state index is 13.8. The smallest absolute Gasteiger partial charge is 0.254 e. The second-order valence-corrected chi connectivity index (χ2v) is 10.7. The van der Waals surface area contributed by atoms with Gasteiger partial charge in [-0.3, -0.25) is 19.2 Å². The van der Waals surface area contributed by atoms with E-state index in [0.717, 1.165) is 12.2 Å². The van der Waals surface area contributed by atoms with E-state index in [-0.39, 0.29) is 42.0 Å². The maximum absolute atomic E-state index is 13.8. The predicted octanol–water partition coefficient (Wildman–Crippen LogP) is 3.42. The van der Waals surface area contributed by atoms with Gasteiger partial charge in [-0.25, -0.2) is 0 Å². The zero-order chi connectivity index (χ0) is 27.5. The molecule has 0 unspecified atom stereocenters. The van der Waals surface area contributed by atoms with Crippen molar-refractivity contribution < 1.29 is 19.2 Å². The average molecular weight is 527 g/mol. The fraction of sp³-hybridized carbons (Fsp3) is 0.355. The molecule has 2 fully saturated rings. The summed E-state index contributed by atoms with van der Waals surface area (Å²) in [5.74, 6) is -0.786. The standard InChI is InChI=1S/C31H34N4O4/c1-21(2)19-25(32-29(37)22-11-13-24(14-12-22)33-16-7-4-8-17-33)31(39)34-18-15-26-28(34)27(36)20-35(26)30(38)23-9-5-3-6-10-23/h3-14,16,21,25-26,28H,15,17-20H2,1-2H3,(H,32,37)/t25-,26+,28-/m0/s1. The van der Waals surface area contributed by atoms with E-state index in [2.05, 4.69) is 16.3 Å². The molecule has 1 N–H and O–H groups in total. The van der Waals surface area contributed by atoms with E-state index < -0.39 is 12.1 Å². The third-order valence-corrected chi connectivity index (χ3v) is 7.57. The molecule has 0 bridgehead atoms. The van der Waals surface area contributed by atoms with Crippen LogP contribution in [-0.4, -0.2) is 71.1 Å². The molecule has 0 saturated carbocycles. The number of allylic oxidation sites excluding steroid dienone is 2. The Hall–Kier alpha value is -4.20. The van der Waals surface area contributed by atoms with Gasteiger partial charge in [0, 0.05) is 36.1 Å². The van der Waals surface area contributed by atoms with Crippen molar-refractivity contribution >= 4 is 29.2 Å². The van der Waals surface area contributed by atoms with Crippen LogP contribution in [0, 0.1) is 5.92 Å². The van der Waals surface area contributed by atoms with Crippen LogP contribution in [-0.2, 0) is 9.59 Å². The van der Waals surface area contributed by atoms with E-state index in [0.29, 0.717) is 30.5 Å². The first-order valence-corrected chi connectivity index (χ1v) is 13.5. The Balaban J connectivity index is 1.28. The SMILES string of the molecule is CC(C)C[C@H](NC(=O)c1ccc(N2C=CC=CC2)cc1)C(=O)N1CC[C@@H]2[C@H]1C(=O)CN2C(=O)c1ccccc1. The lowest BCUT2D eigenvalue weighted by atomic mass is 10.0. The molecule has 39 heavy (non-hydrogen) atoms. The number of likely N-dealkylation sites (tertiary alicyclic amines) is 2. The Morgan fingerprint density at radius 1 is 0.949 bits per heavy atom. The van der Waals surface area contributed by atoms with Gasteiger partial charge in [-0.1, -0.05) is 44.2 Å². The summed E-state index contributed by atoms with van der Waals surface area (Å²) in [6, 6.07) is 14.4. The molecule has 2 saturated heterocycles. The number of ketones is 1. The molecule has 8 nitrogen and oxygen atoms in total. The van der Waals surface area contributed by atoms with Gasteiger partial charge in [0.2, 0.25) is 5.91 Å². The van der Waals surface area contributed by atoms with Crippen LogP contribution in [0.2, 0.25) is 0 Å². The molecule has 5 rings (SSSR count). The first-order chi connectivity index (χ1) is 18.8. The highest BCUT2D eigenvalue weighted by Crippen LogP contribution is 2.32. The fourth-order valence-electron chi connectivity index (χ4n) is 5.68. The van der Waals surface area contributed by atoms with Gasteiger partial charge < -0.3 is 20.0 Å². The van der Waals surface area contributed by atoms with E-state index in [1.54, 1.807) is 46.2 Å². The van der Waals surface area contributed by atoms with Crippen molar-refractivity contribution in [2.75, 3.05) is 24.5 Å². The van der Waals surface area contributed by atoms with Crippen LogP contribution >= 0.6 is 0 Å². The molecule has 2 aromatic carbocycles. The lowest BCUT2D eigenvalue weighted by Crippen LogP contribution is -2.53. The lowest BCUT2D eigenvalue weighted by molar-refractivity contribution is -0.138. The second-order valence-electron chi connectivity index (χ2n) is 10.7. The summed E-state index contributed by atoms with van der Waals surface area (Å²) in [6.07, 6.45) is 8.96. The van der Waals surface area contributed by atoms with Gasteiger partial charge in [0.1, 0.15) is 12.1 Å². The topological polar surface area (TPSA) is 90.0 Å². The normalized spacial score (nSPS) is 20.9. The number of hydrogen-bond acceptors (Lipinski definition) is 5. The van der Waals surface area contributed by atoms with E-state index >= 15 is 0 Å². The minimum atomic E-state index is -0.766. The van der Waals surface area contributed by atoms with Gasteiger partial charge in [0.25, 0.3) is 11.8 Å². The molecular weight excluding hydrogens is 492 g/mol. The monoisotopic (exact) mass is 526 g/mol. The minimum Gasteiger partial charge on any atom is -0.344 e. The number of carbonyl (C=O) groups is 4. The second kappa shape index (κ2) is 11.3. The van der Waals surface area contributed by atoms with Crippen LogP contribution < -0.4 is 10.2 Å². The molecule has 0 spiro atoms. The quantitative estimate of drug-likeness (QED) is 0.597. The summed E-state index contributed by atoms with van der Waals surface area (Å²) in [6.45, 7) is 5.11. The molecule has 3 amide bonds. The first kappa shape index (κ1) is 26.4. The number of anilines is 1. The Kier molecular flexibility index (Phi) is 7.63. The molecule has 8 heteroatoms. The van der Waals surface area contributed by atoms with Gasteiger partial charge >= 0.3 is 0 Å². The lowest BCUT2D eigenvalue weighted by Gasteiger charge is -2.29. The van der Waals surface area contributed by atoms with Crippen molar-refractivity contribution in [2.24, 2.45) is 5.92 Å². The maximum Gasteiger partial charge on any atom is 0.254 e. The Labute approximate surface area is 229 Å². The molecule has 3 heterocycles. The summed E-state index contributed by atoms with van der Waals surface area (Å²) in [7, 11) is 0. The third kappa shape index (κ3) is 5.50. The number of Topliss-reactive ketones (excluding diaryl/α,β-unsaturated/α-hetero) is 1. The summed E-state index contributed by atoms with van der Waals surface area (Å²) < 4.78 is 0. The Morgan fingerprint density at radius 2 is 1.69 bits per heavy atom. The number of fused-ring (bicyclic) bond motifs is 1. The van der Waals surface area contributed by atoms with Crippen LogP contribution in [0.4, 0.5) is 5.69 Å². The predicted molar refractivity (Wildman–Crippen MR) is 149 cm³/mol. The molecular formula is C31H34N4O4. The van der Waals surface area contributed by atoms with E-state index in [1.165, 1.54) is 0 Å². The molecule has 3 aliphatic heterocycles. The average Bonchev–Trinajstić information content (AvgIpc) is 3.54. The van der Waals surface area contributed by atoms with E-state index in [9.17, 15) is 19.2 Å². The van der Waals surface area contributed by atoms with Crippen molar-refractivity contribution in [3.8, 4) is 0 Å². The fourth-order valence-corrected chi connectivity index (χ4v) is 5.68. The molecule has 3 atom stereocenters. The number of carbonyl (C=O) groups excluding carboxylic acids is 4. The van der Waals surface area contributed by atoms with Gasteiger partial charge in [-0.15, -0.1) is 0 Å². The third-order valence-electron chi connectivity index (χ3n) is 7.57.